The summed E-state index contributed by atoms with van der Waals surface area (Å²) in [7, 11) is 0. The molecule has 1 N–H and O–H groups in total. The van der Waals surface area contributed by atoms with Gasteiger partial charge in [-0.15, -0.1) is 0 Å². The Morgan fingerprint density at radius 1 is 1.24 bits per heavy atom. The van der Waals surface area contributed by atoms with Crippen molar-refractivity contribution in [3.05, 3.63) is 59.4 Å². The molecule has 154 valence electrons. The molecule has 0 aliphatic carbocycles. The number of rotatable bonds is 6. The number of amides is 2. The van der Waals surface area contributed by atoms with Crippen LogP contribution in [0.1, 0.15) is 44.7 Å². The van der Waals surface area contributed by atoms with Gasteiger partial charge in [0.15, 0.2) is 6.10 Å². The second-order valence-corrected chi connectivity index (χ2v) is 7.41. The molecule has 3 rings (SSSR count). The Bertz CT molecular complexity index is 882. The Balaban J connectivity index is 1.78. The lowest BCUT2D eigenvalue weighted by Gasteiger charge is -2.28. The van der Waals surface area contributed by atoms with Crippen LogP contribution in [-0.4, -0.2) is 28.9 Å². The molecule has 5 nitrogen and oxygen atoms in total. The molecule has 2 aromatic rings. The van der Waals surface area contributed by atoms with Crippen LogP contribution in [-0.2, 0) is 22.6 Å². The highest BCUT2D eigenvalue weighted by atomic mass is 19.1. The van der Waals surface area contributed by atoms with Gasteiger partial charge in [0.05, 0.1) is 6.42 Å². The molecule has 0 aromatic heterocycles. The predicted molar refractivity (Wildman–Crippen MR) is 110 cm³/mol. The van der Waals surface area contributed by atoms with Crippen LogP contribution in [0.3, 0.4) is 0 Å². The van der Waals surface area contributed by atoms with Gasteiger partial charge in [0.2, 0.25) is 5.91 Å². The van der Waals surface area contributed by atoms with E-state index in [1.165, 1.54) is 12.1 Å². The predicted octanol–water partition coefficient (Wildman–Crippen LogP) is 4.31. The Hall–Kier alpha value is -2.89. The second-order valence-electron chi connectivity index (χ2n) is 7.41. The van der Waals surface area contributed by atoms with E-state index in [1.54, 1.807) is 24.3 Å². The minimum absolute atomic E-state index is 0.0000506. The van der Waals surface area contributed by atoms with E-state index < -0.39 is 6.10 Å². The van der Waals surface area contributed by atoms with E-state index >= 15 is 0 Å². The van der Waals surface area contributed by atoms with Crippen molar-refractivity contribution in [2.45, 2.75) is 58.7 Å². The average Bonchev–Trinajstić information content (AvgIpc) is 2.85. The summed E-state index contributed by atoms with van der Waals surface area (Å²) < 4.78 is 19.0. The molecule has 1 aliphatic rings. The molecule has 6 heteroatoms. The highest BCUT2D eigenvalue weighted by Crippen LogP contribution is 2.30. The first-order valence-electron chi connectivity index (χ1n) is 10.1. The van der Waals surface area contributed by atoms with Crippen LogP contribution in [0.15, 0.2) is 42.5 Å². The molecule has 2 amide bonds. The fourth-order valence-electron chi connectivity index (χ4n) is 3.39. The zero-order valence-electron chi connectivity index (χ0n) is 17.1. The van der Waals surface area contributed by atoms with Crippen LogP contribution in [0.5, 0.6) is 5.75 Å². The summed E-state index contributed by atoms with van der Waals surface area (Å²) in [6.45, 7) is 6.47. The number of ether oxygens (including phenoxy) is 1. The molecule has 1 aliphatic heterocycles. The van der Waals surface area contributed by atoms with Gasteiger partial charge in [0, 0.05) is 23.8 Å². The van der Waals surface area contributed by atoms with Gasteiger partial charge in [-0.2, -0.15) is 0 Å². The normalized spacial score (nSPS) is 17.2. The molecule has 0 fully saturated rings. The fourth-order valence-corrected chi connectivity index (χ4v) is 3.39. The van der Waals surface area contributed by atoms with E-state index in [4.69, 9.17) is 4.74 Å². The minimum Gasteiger partial charge on any atom is -0.480 e. The van der Waals surface area contributed by atoms with E-state index in [2.05, 4.69) is 12.2 Å². The first kappa shape index (κ1) is 20.8. The van der Waals surface area contributed by atoms with E-state index in [0.29, 0.717) is 24.4 Å². The van der Waals surface area contributed by atoms with Crippen LogP contribution in [0, 0.1) is 5.82 Å². The number of hydrogen-bond acceptors (Lipinski definition) is 3. The van der Waals surface area contributed by atoms with Crippen LogP contribution in [0.2, 0.25) is 0 Å². The van der Waals surface area contributed by atoms with E-state index in [0.717, 1.165) is 17.5 Å². The first-order chi connectivity index (χ1) is 13.9. The number of carbonyl (C=O) groups excluding carboxylic acids is 2. The number of halogens is 1. The third kappa shape index (κ3) is 4.94. The number of hydrogen-bond donors (Lipinski definition) is 1. The van der Waals surface area contributed by atoms with Crippen LogP contribution >= 0.6 is 0 Å². The molecule has 2 aromatic carbocycles. The molecule has 2 unspecified atom stereocenters. The van der Waals surface area contributed by atoms with Gasteiger partial charge in [0.1, 0.15) is 11.6 Å². The topological polar surface area (TPSA) is 58.6 Å². The Morgan fingerprint density at radius 3 is 2.62 bits per heavy atom. The highest BCUT2D eigenvalue weighted by Gasteiger charge is 2.32. The third-order valence-corrected chi connectivity index (χ3v) is 5.28. The molecule has 0 bridgehead atoms. The van der Waals surface area contributed by atoms with Crippen molar-refractivity contribution in [2.75, 3.05) is 5.32 Å². The van der Waals surface area contributed by atoms with Gasteiger partial charge in [-0.3, -0.25) is 9.59 Å². The summed E-state index contributed by atoms with van der Waals surface area (Å²) in [6, 6.07) is 11.4. The summed E-state index contributed by atoms with van der Waals surface area (Å²) in [4.78, 5) is 27.1. The van der Waals surface area contributed by atoms with E-state index in [-0.39, 0.29) is 30.1 Å². The summed E-state index contributed by atoms with van der Waals surface area (Å²) in [5.41, 5.74) is 2.25. The Kier molecular flexibility index (Phi) is 6.52. The van der Waals surface area contributed by atoms with Crippen LogP contribution in [0.4, 0.5) is 10.1 Å². The standard InChI is InChI=1S/C23H27FN2O3/c1-4-15(3)26-14-17-13-19(10-11-21(17)29-20(5-2)23(26)28)25-22(27)12-16-6-8-18(24)9-7-16/h6-11,13,15,20H,4-5,12,14H2,1-3H3,(H,25,27). The number of nitrogens with one attached hydrogen (secondary N) is 1. The van der Waals surface area contributed by atoms with E-state index in [9.17, 15) is 14.0 Å². The maximum atomic E-state index is 13.0. The van der Waals surface area contributed by atoms with Gasteiger partial charge < -0.3 is 15.0 Å². The summed E-state index contributed by atoms with van der Waals surface area (Å²) in [6.07, 6.45) is 1.11. The van der Waals surface area contributed by atoms with Crippen LogP contribution < -0.4 is 10.1 Å². The molecule has 29 heavy (non-hydrogen) atoms. The van der Waals surface area contributed by atoms with Crippen molar-refractivity contribution >= 4 is 17.5 Å². The average molecular weight is 398 g/mol. The van der Waals surface area contributed by atoms with Gasteiger partial charge in [-0.25, -0.2) is 4.39 Å². The van der Waals surface area contributed by atoms with Crippen molar-refractivity contribution < 1.29 is 18.7 Å². The molecule has 0 saturated heterocycles. The lowest BCUT2D eigenvalue weighted by Crippen LogP contribution is -2.43. The lowest BCUT2D eigenvalue weighted by atomic mass is 10.1. The second kappa shape index (κ2) is 9.07. The van der Waals surface area contributed by atoms with Gasteiger partial charge >= 0.3 is 0 Å². The number of benzene rings is 2. The largest absolute Gasteiger partial charge is 0.480 e. The monoisotopic (exact) mass is 398 g/mol. The minimum atomic E-state index is -0.496. The Labute approximate surface area is 170 Å². The van der Waals surface area contributed by atoms with Crippen molar-refractivity contribution in [1.29, 1.82) is 0 Å². The number of fused-ring (bicyclic) bond motifs is 1. The quantitative estimate of drug-likeness (QED) is 0.789. The van der Waals surface area contributed by atoms with Crippen LogP contribution in [0.25, 0.3) is 0 Å². The summed E-state index contributed by atoms with van der Waals surface area (Å²) >= 11 is 0. The molecule has 0 spiro atoms. The molecule has 1 heterocycles. The molecule has 2 atom stereocenters. The third-order valence-electron chi connectivity index (χ3n) is 5.28. The first-order valence-corrected chi connectivity index (χ1v) is 10.1. The molecular weight excluding hydrogens is 371 g/mol. The highest BCUT2D eigenvalue weighted by molar-refractivity contribution is 5.92. The van der Waals surface area contributed by atoms with E-state index in [1.807, 2.05) is 24.8 Å². The van der Waals surface area contributed by atoms with Gasteiger partial charge in [-0.1, -0.05) is 26.0 Å². The summed E-state index contributed by atoms with van der Waals surface area (Å²) in [5, 5.41) is 2.88. The smallest absolute Gasteiger partial charge is 0.264 e. The zero-order chi connectivity index (χ0) is 21.0. The zero-order valence-corrected chi connectivity index (χ0v) is 17.1. The molecule has 0 radical (unpaired) electrons. The van der Waals surface area contributed by atoms with Gasteiger partial charge in [0.25, 0.3) is 5.91 Å². The Morgan fingerprint density at radius 2 is 1.97 bits per heavy atom. The lowest BCUT2D eigenvalue weighted by molar-refractivity contribution is -0.140. The number of carbonyl (C=O) groups is 2. The molecule has 0 saturated carbocycles. The maximum absolute atomic E-state index is 13.0. The van der Waals surface area contributed by atoms with Gasteiger partial charge in [-0.05, 0) is 55.7 Å². The SMILES string of the molecule is CCC1Oc2ccc(NC(=O)Cc3ccc(F)cc3)cc2CN(C(C)CC)C1=O. The fraction of sp³-hybridized carbons (Fsp3) is 0.391. The van der Waals surface area contributed by atoms with Crippen molar-refractivity contribution in [3.8, 4) is 5.75 Å². The van der Waals surface area contributed by atoms with Crippen molar-refractivity contribution in [2.24, 2.45) is 0 Å². The number of nitrogens with zero attached hydrogens (tertiary/aromatic N) is 1. The van der Waals surface area contributed by atoms with Crippen molar-refractivity contribution in [1.82, 2.24) is 4.90 Å². The molecular formula is C23H27FN2O3. The van der Waals surface area contributed by atoms with Crippen molar-refractivity contribution in [3.63, 3.8) is 0 Å². The number of anilines is 1. The maximum Gasteiger partial charge on any atom is 0.264 e. The summed E-state index contributed by atoms with van der Waals surface area (Å²) in [5.74, 6) is 0.158.